The average molecular weight is 137 g/mol. The van der Waals surface area contributed by atoms with Crippen LogP contribution in [0, 0.1) is 0 Å². The van der Waals surface area contributed by atoms with E-state index in [0.29, 0.717) is 0 Å². The predicted octanol–water partition coefficient (Wildman–Crippen LogP) is -3.91. The normalized spacial score (nSPS) is 10.1. The van der Waals surface area contributed by atoms with E-state index in [4.69, 9.17) is 9.79 Å². The van der Waals surface area contributed by atoms with Crippen molar-refractivity contribution in [2.24, 2.45) is 5.90 Å². The molecule has 0 aromatic heterocycles. The summed E-state index contributed by atoms with van der Waals surface area (Å²) in [7, 11) is -4.37. The molecule has 7 heteroatoms. The summed E-state index contributed by atoms with van der Waals surface area (Å²) in [5.41, 5.74) is 0. The van der Waals surface area contributed by atoms with E-state index in [1.54, 1.807) is 0 Å². The molecule has 0 bridgehead atoms. The maximum absolute atomic E-state index is 9.35. The van der Waals surface area contributed by atoms with Gasteiger partial charge in [-0.15, -0.1) is 0 Å². The van der Waals surface area contributed by atoms with Crippen LogP contribution in [0.3, 0.4) is 0 Å². The van der Waals surface area contributed by atoms with Gasteiger partial charge in [-0.05, 0) is 0 Å². The van der Waals surface area contributed by atoms with Crippen LogP contribution < -0.4 is 35.5 Å². The summed E-state index contributed by atoms with van der Waals surface area (Å²) >= 11 is 0. The Labute approximate surface area is 63.8 Å². The van der Waals surface area contributed by atoms with Crippen molar-refractivity contribution in [3.8, 4) is 0 Å². The molecule has 5 nitrogen and oxygen atoms in total. The van der Waals surface area contributed by atoms with Crippen LogP contribution in [-0.2, 0) is 9.19 Å². The third-order valence-corrected chi connectivity index (χ3v) is 0.412. The van der Waals surface area contributed by atoms with Gasteiger partial charge in [0.1, 0.15) is 0 Å². The summed E-state index contributed by atoms with van der Waals surface area (Å²) in [5.74, 6) is 4.04. The number of rotatable bonds is 1. The van der Waals surface area contributed by atoms with Crippen molar-refractivity contribution in [1.82, 2.24) is 0 Å². The van der Waals surface area contributed by atoms with Gasteiger partial charge in [0.2, 0.25) is 0 Å². The Morgan fingerprint density at radius 2 is 1.86 bits per heavy atom. The van der Waals surface area contributed by atoms with Crippen LogP contribution in [0.15, 0.2) is 0 Å². The van der Waals surface area contributed by atoms with Gasteiger partial charge in [-0.25, -0.2) is 15.1 Å². The summed E-state index contributed by atoms with van der Waals surface area (Å²) in [6, 6.07) is 0. The Balaban J connectivity index is -0.000000125. The molecule has 0 aromatic rings. The van der Waals surface area contributed by atoms with Gasteiger partial charge in [-0.3, -0.25) is 0 Å². The first-order valence-corrected chi connectivity index (χ1v) is 2.53. The van der Waals surface area contributed by atoms with Crippen LogP contribution in [0.4, 0.5) is 0 Å². The summed E-state index contributed by atoms with van der Waals surface area (Å²) in [6.45, 7) is 0. The average Bonchev–Trinajstić information content (AvgIpc) is 1.35. The molecule has 0 aliphatic heterocycles. The fraction of sp³-hybridized carbons (Fsp3) is 0. The van der Waals surface area contributed by atoms with Gasteiger partial charge in [-0.2, -0.15) is 0 Å². The second kappa shape index (κ2) is 4.00. The van der Waals surface area contributed by atoms with Crippen molar-refractivity contribution in [2.75, 3.05) is 0 Å². The zero-order chi connectivity index (χ0) is 5.21. The molecule has 0 rings (SSSR count). The van der Waals surface area contributed by atoms with Crippen LogP contribution in [-0.4, -0.2) is 9.79 Å². The third kappa shape index (κ3) is 11.0. The molecule has 0 heterocycles. The minimum atomic E-state index is -4.37. The van der Waals surface area contributed by atoms with Crippen molar-refractivity contribution >= 4 is 7.82 Å². The second-order valence-corrected chi connectivity index (χ2v) is 1.79. The second-order valence-electron chi connectivity index (χ2n) is 0.596. The smallest absolute Gasteiger partial charge is 1.00 e. The Bertz CT molecular complexity index is 80.1. The third-order valence-electron chi connectivity index (χ3n) is 0.137. The van der Waals surface area contributed by atoms with Gasteiger partial charge in [0.25, 0.3) is 0 Å². The largest absolute Gasteiger partial charge is 1.00 e. The van der Waals surface area contributed by atoms with Crippen molar-refractivity contribution in [3.05, 3.63) is 0 Å². The van der Waals surface area contributed by atoms with E-state index in [1.807, 2.05) is 0 Å². The summed E-state index contributed by atoms with van der Waals surface area (Å²) < 4.78 is 12.5. The minimum absolute atomic E-state index is 0. The minimum Gasteiger partial charge on any atom is -1.00 e. The number of hydrogen-bond acceptors (Lipinski definition) is 3. The van der Waals surface area contributed by atoms with Crippen LogP contribution in [0.5, 0.6) is 0 Å². The molecule has 0 aliphatic carbocycles. The van der Waals surface area contributed by atoms with Crippen molar-refractivity contribution in [1.29, 1.82) is 0 Å². The van der Waals surface area contributed by atoms with Crippen LogP contribution >= 0.6 is 7.82 Å². The number of phosphoric acid groups is 1. The van der Waals surface area contributed by atoms with Gasteiger partial charge in [0, 0.05) is 0 Å². The van der Waals surface area contributed by atoms with Crippen LogP contribution in [0.1, 0.15) is 1.43 Å². The van der Waals surface area contributed by atoms with Gasteiger partial charge in [0.05, 0.1) is 0 Å². The maximum atomic E-state index is 9.35. The van der Waals surface area contributed by atoms with Crippen LogP contribution in [0.25, 0.3) is 0 Å². The Morgan fingerprint density at radius 3 is 1.86 bits per heavy atom. The topological polar surface area (TPSA) is 92.8 Å². The molecule has 4 N–H and O–H groups in total. The molecule has 0 saturated carbocycles. The van der Waals surface area contributed by atoms with Crippen LogP contribution in [0.2, 0.25) is 0 Å². The van der Waals surface area contributed by atoms with E-state index in [2.05, 4.69) is 10.5 Å². The first kappa shape index (κ1) is 10.9. The Kier molecular flexibility index (Phi) is 6.26. The molecule has 0 radical (unpaired) electrons. The predicted molar refractivity (Wildman–Crippen MR) is 18.4 cm³/mol. The molecule has 0 saturated heterocycles. The van der Waals surface area contributed by atoms with E-state index < -0.39 is 7.82 Å². The molecule has 0 fully saturated rings. The van der Waals surface area contributed by atoms with Crippen molar-refractivity contribution in [2.45, 2.75) is 0 Å². The first-order chi connectivity index (χ1) is 2.56. The molecule has 0 amide bonds. The van der Waals surface area contributed by atoms with Gasteiger partial charge >= 0.3 is 37.4 Å². The molecular formula is H5NNaO4P. The van der Waals surface area contributed by atoms with E-state index >= 15 is 0 Å². The standard InChI is InChI=1S/H4NO4P.Na.H/c1-5-6(2,3)4;;/h1H2,(H2,2,3,4);;/q;+1;-1. The molecule has 0 atom stereocenters. The quantitative estimate of drug-likeness (QED) is 0.195. The van der Waals surface area contributed by atoms with Crippen molar-refractivity contribution in [3.63, 3.8) is 0 Å². The monoisotopic (exact) mass is 137 g/mol. The molecule has 0 aliphatic rings. The van der Waals surface area contributed by atoms with E-state index in [9.17, 15) is 4.57 Å². The van der Waals surface area contributed by atoms with Gasteiger partial charge < -0.3 is 11.2 Å². The number of nitrogens with two attached hydrogens (primary N) is 1. The Morgan fingerprint density at radius 1 is 1.71 bits per heavy atom. The summed E-state index contributed by atoms with van der Waals surface area (Å²) in [4.78, 5) is 15.2. The first-order valence-electron chi connectivity index (χ1n) is 1.00. The zero-order valence-corrected chi connectivity index (χ0v) is 6.63. The molecule has 0 aromatic carbocycles. The summed E-state index contributed by atoms with van der Waals surface area (Å²) in [6.07, 6.45) is 0. The van der Waals surface area contributed by atoms with Gasteiger partial charge in [-0.1, -0.05) is 0 Å². The van der Waals surface area contributed by atoms with E-state index in [-0.39, 0.29) is 31.0 Å². The fourth-order valence-corrected chi connectivity index (χ4v) is 0. The molecular weight excluding hydrogens is 132 g/mol. The molecule has 40 valence electrons. The number of hydrogen-bond donors (Lipinski definition) is 3. The molecule has 7 heavy (non-hydrogen) atoms. The summed E-state index contributed by atoms with van der Waals surface area (Å²) in [5, 5.41) is 0. The molecule has 0 spiro atoms. The van der Waals surface area contributed by atoms with E-state index in [0.717, 1.165) is 0 Å². The van der Waals surface area contributed by atoms with E-state index in [1.165, 1.54) is 0 Å². The van der Waals surface area contributed by atoms with Gasteiger partial charge in [0.15, 0.2) is 0 Å². The maximum Gasteiger partial charge on any atom is 1.00 e. The van der Waals surface area contributed by atoms with Crippen molar-refractivity contribution < 1.29 is 50.0 Å². The fourth-order valence-electron chi connectivity index (χ4n) is 0. The molecule has 0 unspecified atom stereocenters. The zero-order valence-electron chi connectivity index (χ0n) is 4.74. The SMILES string of the molecule is NOP(=O)(O)O.[H-].[Na+]. The Hall–Kier alpha value is 1.07.